The van der Waals surface area contributed by atoms with Crippen LogP contribution in [0.1, 0.15) is 12.5 Å². The van der Waals surface area contributed by atoms with E-state index >= 15 is 0 Å². The molecule has 0 saturated heterocycles. The van der Waals surface area contributed by atoms with Crippen molar-refractivity contribution < 1.29 is 18.9 Å². The van der Waals surface area contributed by atoms with Crippen LogP contribution in [0.25, 0.3) is 0 Å². The van der Waals surface area contributed by atoms with E-state index in [0.717, 1.165) is 11.3 Å². The number of hydrogen-bond donors (Lipinski definition) is 2. The van der Waals surface area contributed by atoms with Gasteiger partial charge in [0.2, 0.25) is 0 Å². The minimum atomic E-state index is 0.578. The molecule has 0 aromatic heterocycles. The summed E-state index contributed by atoms with van der Waals surface area (Å²) in [5.74, 6) is 3.40. The van der Waals surface area contributed by atoms with Gasteiger partial charge >= 0.3 is 0 Å². The first kappa shape index (κ1) is 20.2. The predicted octanol–water partition coefficient (Wildman–Crippen LogP) is 3.30. The zero-order chi connectivity index (χ0) is 19.6. The second kappa shape index (κ2) is 10.2. The monoisotopic (exact) mass is 373 g/mol. The molecule has 0 unspecified atom stereocenters. The summed E-state index contributed by atoms with van der Waals surface area (Å²) in [4.78, 5) is 4.26. The Kier molecular flexibility index (Phi) is 7.61. The van der Waals surface area contributed by atoms with Crippen molar-refractivity contribution in [2.45, 2.75) is 13.5 Å². The minimum absolute atomic E-state index is 0.578. The van der Waals surface area contributed by atoms with Crippen LogP contribution in [-0.2, 0) is 6.54 Å². The number of methoxy groups -OCH3 is 3. The van der Waals surface area contributed by atoms with E-state index in [-0.39, 0.29) is 0 Å². The van der Waals surface area contributed by atoms with Crippen molar-refractivity contribution in [2.24, 2.45) is 4.99 Å². The fraction of sp³-hybridized carbons (Fsp3) is 0.350. The van der Waals surface area contributed by atoms with Gasteiger partial charge in [0.1, 0.15) is 0 Å². The minimum Gasteiger partial charge on any atom is -0.493 e. The highest BCUT2D eigenvalue weighted by molar-refractivity contribution is 5.93. The zero-order valence-electron chi connectivity index (χ0n) is 16.5. The molecule has 0 spiro atoms. The van der Waals surface area contributed by atoms with Gasteiger partial charge in [-0.15, -0.1) is 0 Å². The molecule has 2 aromatic carbocycles. The van der Waals surface area contributed by atoms with Gasteiger partial charge in [0, 0.05) is 25.3 Å². The first-order valence-electron chi connectivity index (χ1n) is 8.64. The molecule has 27 heavy (non-hydrogen) atoms. The Hall–Kier alpha value is -3.09. The molecule has 0 heterocycles. The van der Waals surface area contributed by atoms with Crippen LogP contribution in [0.5, 0.6) is 23.0 Å². The van der Waals surface area contributed by atoms with Crippen LogP contribution in [0.3, 0.4) is 0 Å². The van der Waals surface area contributed by atoms with Crippen LogP contribution in [0.2, 0.25) is 0 Å². The molecule has 7 heteroatoms. The van der Waals surface area contributed by atoms with Gasteiger partial charge in [-0.1, -0.05) is 6.07 Å². The summed E-state index contributed by atoms with van der Waals surface area (Å²) >= 11 is 0. The number of hydrogen-bond acceptors (Lipinski definition) is 5. The molecule has 0 amide bonds. The van der Waals surface area contributed by atoms with Crippen molar-refractivity contribution in [1.82, 2.24) is 5.32 Å². The number of nitrogens with one attached hydrogen (secondary N) is 2. The maximum atomic E-state index is 5.54. The molecular weight excluding hydrogens is 346 g/mol. The number of ether oxygens (including phenoxy) is 4. The predicted molar refractivity (Wildman–Crippen MR) is 108 cm³/mol. The summed E-state index contributed by atoms with van der Waals surface area (Å²) in [5, 5.41) is 6.51. The van der Waals surface area contributed by atoms with E-state index in [9.17, 15) is 0 Å². The average molecular weight is 373 g/mol. The van der Waals surface area contributed by atoms with E-state index < -0.39 is 0 Å². The summed E-state index contributed by atoms with van der Waals surface area (Å²) in [6.45, 7) is 3.09. The van der Waals surface area contributed by atoms with Gasteiger partial charge in [0.05, 0.1) is 27.9 Å². The molecule has 2 rings (SSSR count). The third-order valence-corrected chi connectivity index (χ3v) is 3.86. The van der Waals surface area contributed by atoms with E-state index in [1.54, 1.807) is 28.4 Å². The van der Waals surface area contributed by atoms with Crippen molar-refractivity contribution >= 4 is 11.6 Å². The number of aliphatic imine (C=N–C) groups is 1. The normalized spacial score (nSPS) is 10.9. The topological polar surface area (TPSA) is 73.3 Å². The molecule has 0 atom stereocenters. The van der Waals surface area contributed by atoms with Gasteiger partial charge in [0.15, 0.2) is 29.0 Å². The van der Waals surface area contributed by atoms with Crippen LogP contribution in [0, 0.1) is 0 Å². The van der Waals surface area contributed by atoms with Crippen molar-refractivity contribution in [3.8, 4) is 23.0 Å². The number of rotatable bonds is 8. The quantitative estimate of drug-likeness (QED) is 0.546. The largest absolute Gasteiger partial charge is 0.493 e. The van der Waals surface area contributed by atoms with Gasteiger partial charge < -0.3 is 29.6 Å². The zero-order valence-corrected chi connectivity index (χ0v) is 16.5. The maximum absolute atomic E-state index is 5.54. The van der Waals surface area contributed by atoms with Gasteiger partial charge in [-0.2, -0.15) is 0 Å². The highest BCUT2D eigenvalue weighted by Crippen LogP contribution is 2.30. The third kappa shape index (κ3) is 5.44. The summed E-state index contributed by atoms with van der Waals surface area (Å²) in [6.07, 6.45) is 0. The van der Waals surface area contributed by atoms with Crippen molar-refractivity contribution in [2.75, 3.05) is 40.3 Å². The van der Waals surface area contributed by atoms with Crippen LogP contribution in [-0.4, -0.2) is 40.9 Å². The highest BCUT2D eigenvalue weighted by Gasteiger charge is 2.08. The molecule has 0 aliphatic heterocycles. The van der Waals surface area contributed by atoms with Crippen molar-refractivity contribution in [3.63, 3.8) is 0 Å². The van der Waals surface area contributed by atoms with E-state index in [1.165, 1.54) is 0 Å². The molecule has 0 bridgehead atoms. The Morgan fingerprint density at radius 3 is 2.19 bits per heavy atom. The number of benzene rings is 2. The lowest BCUT2D eigenvalue weighted by Gasteiger charge is -2.15. The first-order chi connectivity index (χ1) is 13.1. The molecule has 0 aliphatic carbocycles. The van der Waals surface area contributed by atoms with Crippen molar-refractivity contribution in [3.05, 3.63) is 42.0 Å². The molecule has 0 aliphatic rings. The standard InChI is InChI=1S/C20H27N3O4/c1-6-27-17-10-8-15(12-19(17)26-5)23-20(21-2)22-13-14-7-9-16(24-3)18(11-14)25-4/h7-12H,6,13H2,1-5H3,(H2,21,22,23). The van der Waals surface area contributed by atoms with E-state index in [0.29, 0.717) is 42.1 Å². The highest BCUT2D eigenvalue weighted by atomic mass is 16.5. The van der Waals surface area contributed by atoms with Gasteiger partial charge in [-0.3, -0.25) is 4.99 Å². The third-order valence-electron chi connectivity index (χ3n) is 3.86. The summed E-state index contributed by atoms with van der Waals surface area (Å²) < 4.78 is 21.5. The number of anilines is 1. The first-order valence-corrected chi connectivity index (χ1v) is 8.64. The smallest absolute Gasteiger partial charge is 0.195 e. The Bertz CT molecular complexity index is 778. The van der Waals surface area contributed by atoms with E-state index in [2.05, 4.69) is 15.6 Å². The van der Waals surface area contributed by atoms with E-state index in [4.69, 9.17) is 18.9 Å². The Balaban J connectivity index is 2.04. The maximum Gasteiger partial charge on any atom is 0.195 e. The SMILES string of the molecule is CCOc1ccc(NC(=NC)NCc2ccc(OC)c(OC)c2)cc1OC. The lowest BCUT2D eigenvalue weighted by molar-refractivity contribution is 0.311. The van der Waals surface area contributed by atoms with Gasteiger partial charge in [-0.25, -0.2) is 0 Å². The Morgan fingerprint density at radius 1 is 0.889 bits per heavy atom. The molecule has 7 nitrogen and oxygen atoms in total. The molecular formula is C20H27N3O4. The molecule has 0 fully saturated rings. The second-order valence-electron chi connectivity index (χ2n) is 5.54. The van der Waals surface area contributed by atoms with Crippen LogP contribution >= 0.6 is 0 Å². The number of guanidine groups is 1. The molecule has 0 saturated carbocycles. The lowest BCUT2D eigenvalue weighted by Crippen LogP contribution is -2.30. The van der Waals surface area contributed by atoms with E-state index in [1.807, 2.05) is 43.3 Å². The van der Waals surface area contributed by atoms with Gasteiger partial charge in [0.25, 0.3) is 0 Å². The van der Waals surface area contributed by atoms with Crippen LogP contribution in [0.15, 0.2) is 41.4 Å². The van der Waals surface area contributed by atoms with Crippen molar-refractivity contribution in [1.29, 1.82) is 0 Å². The second-order valence-corrected chi connectivity index (χ2v) is 5.54. The fourth-order valence-corrected chi connectivity index (χ4v) is 2.51. The van der Waals surface area contributed by atoms with Gasteiger partial charge in [-0.05, 0) is 36.8 Å². The Labute approximate surface area is 160 Å². The average Bonchev–Trinajstić information content (AvgIpc) is 2.71. The summed E-state index contributed by atoms with van der Waals surface area (Å²) in [6, 6.07) is 11.4. The molecule has 146 valence electrons. The summed E-state index contributed by atoms with van der Waals surface area (Å²) in [5.41, 5.74) is 1.88. The Morgan fingerprint density at radius 2 is 1.56 bits per heavy atom. The molecule has 2 N–H and O–H groups in total. The molecule has 0 radical (unpaired) electrons. The lowest BCUT2D eigenvalue weighted by atomic mass is 10.2. The van der Waals surface area contributed by atoms with Crippen LogP contribution in [0.4, 0.5) is 5.69 Å². The fourth-order valence-electron chi connectivity index (χ4n) is 2.51. The summed E-state index contributed by atoms with van der Waals surface area (Å²) in [7, 11) is 6.57. The van der Waals surface area contributed by atoms with Crippen LogP contribution < -0.4 is 29.6 Å². The number of nitrogens with zero attached hydrogens (tertiary/aromatic N) is 1. The molecule has 2 aromatic rings.